The number of carbonyl (C=O) groups excluding carboxylic acids is 1. The molecule has 1 amide bonds. The van der Waals surface area contributed by atoms with E-state index in [0.717, 1.165) is 24.2 Å². The molecule has 0 bridgehead atoms. The highest BCUT2D eigenvalue weighted by Gasteiger charge is 2.38. The van der Waals surface area contributed by atoms with Gasteiger partial charge in [-0.25, -0.2) is 0 Å². The number of amides is 1. The van der Waals surface area contributed by atoms with Crippen molar-refractivity contribution in [3.63, 3.8) is 0 Å². The molecule has 3 nitrogen and oxygen atoms in total. The number of benzene rings is 1. The molecular weight excluding hydrogens is 202 g/mol. The predicted octanol–water partition coefficient (Wildman–Crippen LogP) is 2.20. The van der Waals surface area contributed by atoms with Crippen LogP contribution in [0.1, 0.15) is 47.5 Å². The second-order valence-corrected chi connectivity index (χ2v) is 4.63. The third-order valence-corrected chi connectivity index (χ3v) is 3.68. The average Bonchev–Trinajstić information content (AvgIpc) is 2.66. The van der Waals surface area contributed by atoms with E-state index in [2.05, 4.69) is 0 Å². The first-order chi connectivity index (χ1) is 7.77. The highest BCUT2D eigenvalue weighted by Crippen LogP contribution is 2.46. The average molecular weight is 217 g/mol. The fourth-order valence-corrected chi connectivity index (χ4v) is 2.98. The standard InChI is InChI=1S/C13H15NO2/c14-13(15)9-5-3-7-11-12(9)8-4-1-2-6-10(8)16-11/h3,5,7-8,10H,1-2,4,6H2,(H2,14,15). The summed E-state index contributed by atoms with van der Waals surface area (Å²) in [5.41, 5.74) is 7.11. The molecular formula is C13H15NO2. The first-order valence-corrected chi connectivity index (χ1v) is 5.87. The van der Waals surface area contributed by atoms with Crippen molar-refractivity contribution in [1.29, 1.82) is 0 Å². The molecule has 1 heterocycles. The third-order valence-electron chi connectivity index (χ3n) is 3.68. The Bertz CT molecular complexity index is 442. The van der Waals surface area contributed by atoms with E-state index in [1.165, 1.54) is 12.8 Å². The monoisotopic (exact) mass is 217 g/mol. The number of hydrogen-bond donors (Lipinski definition) is 1. The van der Waals surface area contributed by atoms with Gasteiger partial charge in [0, 0.05) is 17.0 Å². The zero-order chi connectivity index (χ0) is 11.1. The Morgan fingerprint density at radius 1 is 1.31 bits per heavy atom. The predicted molar refractivity (Wildman–Crippen MR) is 60.6 cm³/mol. The number of rotatable bonds is 1. The van der Waals surface area contributed by atoms with E-state index in [0.29, 0.717) is 11.5 Å². The van der Waals surface area contributed by atoms with Crippen LogP contribution in [0.4, 0.5) is 0 Å². The molecule has 16 heavy (non-hydrogen) atoms. The minimum Gasteiger partial charge on any atom is -0.489 e. The Morgan fingerprint density at radius 3 is 2.94 bits per heavy atom. The molecule has 0 spiro atoms. The maximum Gasteiger partial charge on any atom is 0.249 e. The van der Waals surface area contributed by atoms with Crippen LogP contribution < -0.4 is 10.5 Å². The van der Waals surface area contributed by atoms with Gasteiger partial charge in [-0.3, -0.25) is 4.79 Å². The molecule has 2 N–H and O–H groups in total. The van der Waals surface area contributed by atoms with Crippen molar-refractivity contribution in [3.8, 4) is 5.75 Å². The quantitative estimate of drug-likeness (QED) is 0.784. The van der Waals surface area contributed by atoms with Crippen LogP contribution in [-0.4, -0.2) is 12.0 Å². The molecule has 2 aliphatic rings. The summed E-state index contributed by atoms with van der Waals surface area (Å²) < 4.78 is 5.89. The first-order valence-electron chi connectivity index (χ1n) is 5.87. The molecule has 0 radical (unpaired) electrons. The zero-order valence-corrected chi connectivity index (χ0v) is 9.11. The third kappa shape index (κ3) is 1.31. The van der Waals surface area contributed by atoms with E-state index >= 15 is 0 Å². The van der Waals surface area contributed by atoms with Crippen molar-refractivity contribution in [3.05, 3.63) is 29.3 Å². The SMILES string of the molecule is NC(=O)c1cccc2c1C1CCCCC1O2. The highest BCUT2D eigenvalue weighted by molar-refractivity contribution is 5.95. The molecule has 2 unspecified atom stereocenters. The molecule has 3 rings (SSSR count). The van der Waals surface area contributed by atoms with Gasteiger partial charge in [-0.05, 0) is 31.4 Å². The maximum absolute atomic E-state index is 11.4. The van der Waals surface area contributed by atoms with Crippen LogP contribution in [0.15, 0.2) is 18.2 Å². The lowest BCUT2D eigenvalue weighted by Crippen LogP contribution is -2.23. The lowest BCUT2D eigenvalue weighted by atomic mass is 9.81. The molecule has 1 aliphatic heterocycles. The minimum absolute atomic E-state index is 0.268. The molecule has 1 aromatic rings. The van der Waals surface area contributed by atoms with Crippen LogP contribution >= 0.6 is 0 Å². The van der Waals surface area contributed by atoms with Gasteiger partial charge in [0.1, 0.15) is 11.9 Å². The summed E-state index contributed by atoms with van der Waals surface area (Å²) in [6, 6.07) is 5.60. The van der Waals surface area contributed by atoms with Crippen molar-refractivity contribution in [1.82, 2.24) is 0 Å². The Balaban J connectivity index is 2.09. The molecule has 1 aromatic carbocycles. The number of primary amides is 1. The van der Waals surface area contributed by atoms with Crippen molar-refractivity contribution < 1.29 is 9.53 Å². The highest BCUT2D eigenvalue weighted by atomic mass is 16.5. The van der Waals surface area contributed by atoms with Crippen LogP contribution in [0, 0.1) is 0 Å². The van der Waals surface area contributed by atoms with Gasteiger partial charge < -0.3 is 10.5 Å². The minimum atomic E-state index is -0.341. The number of ether oxygens (including phenoxy) is 1. The normalized spacial score (nSPS) is 26.8. The second-order valence-electron chi connectivity index (χ2n) is 4.63. The van der Waals surface area contributed by atoms with Gasteiger partial charge in [-0.15, -0.1) is 0 Å². The molecule has 1 saturated carbocycles. The summed E-state index contributed by atoms with van der Waals surface area (Å²) in [6.45, 7) is 0. The number of carbonyl (C=O) groups is 1. The van der Waals surface area contributed by atoms with Gasteiger partial charge >= 0.3 is 0 Å². The summed E-state index contributed by atoms with van der Waals surface area (Å²) in [5.74, 6) is 0.910. The van der Waals surface area contributed by atoms with Crippen molar-refractivity contribution in [2.75, 3.05) is 0 Å². The van der Waals surface area contributed by atoms with Crippen molar-refractivity contribution in [2.45, 2.75) is 37.7 Å². The maximum atomic E-state index is 11.4. The van der Waals surface area contributed by atoms with Crippen LogP contribution in [0.25, 0.3) is 0 Å². The van der Waals surface area contributed by atoms with Crippen LogP contribution in [-0.2, 0) is 0 Å². The topological polar surface area (TPSA) is 52.3 Å². The molecule has 1 fully saturated rings. The van der Waals surface area contributed by atoms with Gasteiger partial charge in [0.15, 0.2) is 0 Å². The molecule has 0 saturated heterocycles. The van der Waals surface area contributed by atoms with Crippen LogP contribution in [0.2, 0.25) is 0 Å². The first kappa shape index (κ1) is 9.70. The van der Waals surface area contributed by atoms with E-state index in [-0.39, 0.29) is 12.0 Å². The van der Waals surface area contributed by atoms with E-state index in [4.69, 9.17) is 10.5 Å². The second kappa shape index (κ2) is 3.51. The van der Waals surface area contributed by atoms with E-state index in [1.807, 2.05) is 18.2 Å². The molecule has 3 heteroatoms. The molecule has 0 aromatic heterocycles. The lowest BCUT2D eigenvalue weighted by Gasteiger charge is -2.24. The Hall–Kier alpha value is -1.51. The van der Waals surface area contributed by atoms with Gasteiger partial charge in [0.05, 0.1) is 0 Å². The van der Waals surface area contributed by atoms with Gasteiger partial charge in [-0.1, -0.05) is 12.5 Å². The summed E-state index contributed by atoms with van der Waals surface area (Å²) >= 11 is 0. The molecule has 84 valence electrons. The van der Waals surface area contributed by atoms with Crippen LogP contribution in [0.3, 0.4) is 0 Å². The van der Waals surface area contributed by atoms with E-state index < -0.39 is 0 Å². The summed E-state index contributed by atoms with van der Waals surface area (Å²) in [4.78, 5) is 11.4. The van der Waals surface area contributed by atoms with Gasteiger partial charge in [-0.2, -0.15) is 0 Å². The summed E-state index contributed by atoms with van der Waals surface area (Å²) in [5, 5.41) is 0. The number of nitrogens with two attached hydrogens (primary N) is 1. The summed E-state index contributed by atoms with van der Waals surface area (Å²) in [6.07, 6.45) is 4.92. The van der Waals surface area contributed by atoms with E-state index in [1.54, 1.807) is 0 Å². The van der Waals surface area contributed by atoms with Gasteiger partial charge in [0.25, 0.3) is 0 Å². The Morgan fingerprint density at radius 2 is 2.12 bits per heavy atom. The fourth-order valence-electron chi connectivity index (χ4n) is 2.98. The Kier molecular flexibility index (Phi) is 2.13. The van der Waals surface area contributed by atoms with Crippen LogP contribution in [0.5, 0.6) is 5.75 Å². The van der Waals surface area contributed by atoms with Gasteiger partial charge in [0.2, 0.25) is 5.91 Å². The van der Waals surface area contributed by atoms with E-state index in [9.17, 15) is 4.79 Å². The van der Waals surface area contributed by atoms with Crippen molar-refractivity contribution >= 4 is 5.91 Å². The Labute approximate surface area is 94.6 Å². The zero-order valence-electron chi connectivity index (χ0n) is 9.11. The summed E-state index contributed by atoms with van der Waals surface area (Å²) in [7, 11) is 0. The molecule has 2 atom stereocenters. The largest absolute Gasteiger partial charge is 0.489 e. The fraction of sp³-hybridized carbons (Fsp3) is 0.462. The smallest absolute Gasteiger partial charge is 0.249 e. The number of fused-ring (bicyclic) bond motifs is 3. The molecule has 1 aliphatic carbocycles. The number of hydrogen-bond acceptors (Lipinski definition) is 2. The van der Waals surface area contributed by atoms with Crippen molar-refractivity contribution in [2.24, 2.45) is 5.73 Å². The lowest BCUT2D eigenvalue weighted by molar-refractivity contribution is 0.0998.